The van der Waals surface area contributed by atoms with E-state index in [-0.39, 0.29) is 5.92 Å². The van der Waals surface area contributed by atoms with Crippen LogP contribution in [0.2, 0.25) is 0 Å². The molecule has 0 saturated carbocycles. The first-order chi connectivity index (χ1) is 35.1. The number of hydrogen-bond donors (Lipinski definition) is 0. The standard InChI is InChI=1S/C65H42N6/c1-41-34-63-54(38-60(41)69-55-26-14-12-24-51(55)52-25-13-15-27-56(52)69)65-50-23-11-9-17-43(50)29-32-59(65)71(63)62-36-44(39-66)61(35-45(62)40-67)70-57-33-30-48(68(46-18-4-2-5-19-46)47-20-6-3-7-21-47)37-53(57)64-49-22-10-8-16-42(49)28-31-58(64)70/h2-33,35-38,41H,34H2,1H3. The number of nitrogens with zero attached hydrogens (tertiary/aromatic N) is 6. The number of para-hydroxylation sites is 4. The van der Waals surface area contributed by atoms with Crippen LogP contribution in [0, 0.1) is 28.6 Å². The lowest BCUT2D eigenvalue weighted by molar-refractivity contribution is 0.683. The average molecular weight is 907 g/mol. The van der Waals surface area contributed by atoms with Gasteiger partial charge in [-0.05, 0) is 113 Å². The highest BCUT2D eigenvalue weighted by molar-refractivity contribution is 6.22. The van der Waals surface area contributed by atoms with Crippen LogP contribution in [0.25, 0.3) is 99.2 Å². The van der Waals surface area contributed by atoms with Gasteiger partial charge in [0, 0.05) is 66.9 Å². The molecule has 332 valence electrons. The van der Waals surface area contributed by atoms with E-state index in [0.717, 1.165) is 89.0 Å². The first-order valence-electron chi connectivity index (χ1n) is 24.2. The van der Waals surface area contributed by atoms with Crippen LogP contribution in [0.1, 0.15) is 29.3 Å². The molecule has 6 nitrogen and oxygen atoms in total. The molecule has 0 saturated heterocycles. The molecule has 1 atom stereocenters. The predicted octanol–water partition coefficient (Wildman–Crippen LogP) is 16.5. The molecule has 6 heteroatoms. The number of allylic oxidation sites excluding steroid dienone is 1. The zero-order valence-corrected chi connectivity index (χ0v) is 38.8. The van der Waals surface area contributed by atoms with Crippen molar-refractivity contribution in [1.29, 1.82) is 10.5 Å². The van der Waals surface area contributed by atoms with Crippen LogP contribution >= 0.6 is 0 Å². The maximum atomic E-state index is 11.4. The third-order valence-corrected chi connectivity index (χ3v) is 14.9. The van der Waals surface area contributed by atoms with Crippen molar-refractivity contribution in [3.63, 3.8) is 0 Å². The number of fused-ring (bicyclic) bond motifs is 13. The third-order valence-electron chi connectivity index (χ3n) is 14.9. The molecule has 1 unspecified atom stereocenters. The quantitative estimate of drug-likeness (QED) is 0.167. The van der Waals surface area contributed by atoms with Gasteiger partial charge in [-0.3, -0.25) is 0 Å². The van der Waals surface area contributed by atoms with Crippen molar-refractivity contribution in [1.82, 2.24) is 13.7 Å². The summed E-state index contributed by atoms with van der Waals surface area (Å²) in [7, 11) is 0. The normalized spacial score (nSPS) is 13.6. The minimum absolute atomic E-state index is 0.119. The first kappa shape index (κ1) is 40.4. The maximum absolute atomic E-state index is 11.4. The third kappa shape index (κ3) is 5.99. The second-order valence-electron chi connectivity index (χ2n) is 18.8. The zero-order chi connectivity index (χ0) is 47.3. The molecule has 3 heterocycles. The monoisotopic (exact) mass is 906 g/mol. The lowest BCUT2D eigenvalue weighted by Crippen LogP contribution is -2.16. The number of benzene rings is 10. The van der Waals surface area contributed by atoms with E-state index in [2.05, 4.69) is 232 Å². The number of aromatic nitrogens is 3. The molecular weight excluding hydrogens is 865 g/mol. The van der Waals surface area contributed by atoms with Crippen LogP contribution in [0.3, 0.4) is 0 Å². The van der Waals surface area contributed by atoms with Gasteiger partial charge in [0.25, 0.3) is 0 Å². The summed E-state index contributed by atoms with van der Waals surface area (Å²) in [4.78, 5) is 2.28. The van der Waals surface area contributed by atoms with Gasteiger partial charge in [-0.1, -0.05) is 140 Å². The van der Waals surface area contributed by atoms with Gasteiger partial charge in [-0.25, -0.2) is 0 Å². The summed E-state index contributed by atoms with van der Waals surface area (Å²) in [5.41, 5.74) is 14.2. The van der Waals surface area contributed by atoms with E-state index in [1.165, 1.54) is 27.5 Å². The second-order valence-corrected chi connectivity index (χ2v) is 18.8. The smallest absolute Gasteiger partial charge is 0.101 e. The van der Waals surface area contributed by atoms with Gasteiger partial charge in [0.1, 0.15) is 12.1 Å². The summed E-state index contributed by atoms with van der Waals surface area (Å²) in [5.74, 6) is 0.119. The number of nitriles is 2. The minimum Gasteiger partial charge on any atom is -0.313 e. The van der Waals surface area contributed by atoms with Crippen LogP contribution in [0.5, 0.6) is 0 Å². The fourth-order valence-corrected chi connectivity index (χ4v) is 11.8. The van der Waals surface area contributed by atoms with Crippen molar-refractivity contribution in [3.8, 4) is 23.5 Å². The van der Waals surface area contributed by atoms with Gasteiger partial charge in [-0.15, -0.1) is 0 Å². The Bertz CT molecular complexity index is 4380. The lowest BCUT2D eigenvalue weighted by atomic mass is 9.90. The fourth-order valence-electron chi connectivity index (χ4n) is 11.8. The molecule has 0 N–H and O–H groups in total. The Morgan fingerprint density at radius 3 is 1.49 bits per heavy atom. The SMILES string of the molecule is CC1Cc2c(c3c4ccccc4ccc3n2-c2cc(C#N)c(-n3c4ccc(N(c5ccccc5)c5ccccc5)cc4c4c5ccccc5ccc43)cc2C#N)C=C1n1c2ccccc2c2ccccc21. The maximum Gasteiger partial charge on any atom is 0.101 e. The molecule has 0 amide bonds. The molecule has 3 aromatic heterocycles. The van der Waals surface area contributed by atoms with Crippen LogP contribution in [-0.4, -0.2) is 13.7 Å². The summed E-state index contributed by atoms with van der Waals surface area (Å²) in [5, 5.41) is 33.0. The van der Waals surface area contributed by atoms with Crippen molar-refractivity contribution >= 4 is 105 Å². The molecule has 10 aromatic carbocycles. The number of hydrogen-bond acceptors (Lipinski definition) is 3. The Morgan fingerprint density at radius 1 is 0.423 bits per heavy atom. The summed E-state index contributed by atoms with van der Waals surface area (Å²) >= 11 is 0. The highest BCUT2D eigenvalue weighted by Crippen LogP contribution is 2.47. The Hall–Kier alpha value is -9.62. The molecule has 0 radical (unpaired) electrons. The largest absolute Gasteiger partial charge is 0.313 e. The summed E-state index contributed by atoms with van der Waals surface area (Å²) in [6.45, 7) is 2.31. The van der Waals surface area contributed by atoms with Crippen LogP contribution in [0.4, 0.5) is 17.1 Å². The fraction of sp³-hybridized carbons (Fsp3) is 0.0462. The molecule has 0 fully saturated rings. The molecule has 0 bridgehead atoms. The minimum atomic E-state index is 0.119. The number of rotatable bonds is 6. The predicted molar refractivity (Wildman–Crippen MR) is 293 cm³/mol. The van der Waals surface area contributed by atoms with Crippen LogP contribution in [0.15, 0.2) is 212 Å². The molecule has 0 aliphatic heterocycles. The van der Waals surface area contributed by atoms with Gasteiger partial charge in [0.05, 0.1) is 50.1 Å². The molecular formula is C65H42N6. The lowest BCUT2D eigenvalue weighted by Gasteiger charge is -2.26. The average Bonchev–Trinajstić information content (AvgIpc) is 4.07. The Labute approximate surface area is 409 Å². The van der Waals surface area contributed by atoms with Crippen LogP contribution in [-0.2, 0) is 6.42 Å². The molecule has 0 spiro atoms. The Balaban J connectivity index is 1.02. The van der Waals surface area contributed by atoms with E-state index in [0.29, 0.717) is 22.5 Å². The Morgan fingerprint density at radius 2 is 0.901 bits per heavy atom. The van der Waals surface area contributed by atoms with E-state index in [9.17, 15) is 10.5 Å². The zero-order valence-electron chi connectivity index (χ0n) is 38.8. The highest BCUT2D eigenvalue weighted by Gasteiger charge is 2.30. The first-order valence-corrected chi connectivity index (χ1v) is 24.2. The second kappa shape index (κ2) is 15.7. The molecule has 1 aliphatic rings. The van der Waals surface area contributed by atoms with Gasteiger partial charge in [-0.2, -0.15) is 10.5 Å². The number of anilines is 3. The molecule has 14 rings (SSSR count). The van der Waals surface area contributed by atoms with Crippen molar-refractivity contribution < 1.29 is 0 Å². The van der Waals surface area contributed by atoms with Gasteiger partial charge < -0.3 is 18.6 Å². The van der Waals surface area contributed by atoms with Crippen molar-refractivity contribution in [3.05, 3.63) is 235 Å². The molecule has 13 aromatic rings. The van der Waals surface area contributed by atoms with E-state index >= 15 is 0 Å². The highest BCUT2D eigenvalue weighted by atomic mass is 15.1. The van der Waals surface area contributed by atoms with Crippen molar-refractivity contribution in [2.45, 2.75) is 13.3 Å². The van der Waals surface area contributed by atoms with Gasteiger partial charge >= 0.3 is 0 Å². The van der Waals surface area contributed by atoms with E-state index in [4.69, 9.17) is 0 Å². The van der Waals surface area contributed by atoms with E-state index in [1.54, 1.807) is 0 Å². The van der Waals surface area contributed by atoms with Crippen LogP contribution < -0.4 is 4.90 Å². The molecule has 1 aliphatic carbocycles. The van der Waals surface area contributed by atoms with Crippen molar-refractivity contribution in [2.75, 3.05) is 4.90 Å². The topological polar surface area (TPSA) is 65.6 Å². The Kier molecular flexibility index (Phi) is 8.95. The van der Waals surface area contributed by atoms with Gasteiger partial charge in [0.2, 0.25) is 0 Å². The van der Waals surface area contributed by atoms with Gasteiger partial charge in [0.15, 0.2) is 0 Å². The summed E-state index contributed by atoms with van der Waals surface area (Å²) in [6, 6.07) is 79.8. The van der Waals surface area contributed by atoms with E-state index < -0.39 is 0 Å². The summed E-state index contributed by atoms with van der Waals surface area (Å²) < 4.78 is 6.93. The summed E-state index contributed by atoms with van der Waals surface area (Å²) in [6.07, 6.45) is 3.12. The van der Waals surface area contributed by atoms with Crippen molar-refractivity contribution in [2.24, 2.45) is 5.92 Å². The molecule has 71 heavy (non-hydrogen) atoms. The van der Waals surface area contributed by atoms with E-state index in [1.807, 2.05) is 24.3 Å².